The number of benzene rings is 3. The van der Waals surface area contributed by atoms with E-state index in [4.69, 9.17) is 0 Å². The summed E-state index contributed by atoms with van der Waals surface area (Å²) in [7, 11) is 0. The molecule has 0 radical (unpaired) electrons. The minimum Gasteiger partial charge on any atom is -0.326 e. The van der Waals surface area contributed by atoms with Gasteiger partial charge >= 0.3 is 4.87 Å². The van der Waals surface area contributed by atoms with E-state index in [-0.39, 0.29) is 10.8 Å². The van der Waals surface area contributed by atoms with Crippen LogP contribution >= 0.6 is 23.1 Å². The Morgan fingerprint density at radius 1 is 1.00 bits per heavy atom. The molecule has 1 heterocycles. The van der Waals surface area contributed by atoms with E-state index in [1.54, 1.807) is 11.8 Å². The maximum Gasteiger partial charge on any atom is 0.308 e. The Labute approximate surface area is 189 Å². The van der Waals surface area contributed by atoms with E-state index in [0.29, 0.717) is 18.7 Å². The number of nitrogens with zero attached hydrogens (tertiary/aromatic N) is 1. The average molecular weight is 449 g/mol. The predicted octanol–water partition coefficient (Wildman–Crippen LogP) is 5.60. The van der Waals surface area contributed by atoms with Crippen molar-refractivity contribution >= 4 is 44.9 Å². The molecule has 0 atom stereocenters. The van der Waals surface area contributed by atoms with Crippen LogP contribution in [-0.4, -0.2) is 16.2 Å². The first-order valence-corrected chi connectivity index (χ1v) is 12.1. The van der Waals surface area contributed by atoms with Gasteiger partial charge in [0.1, 0.15) is 0 Å². The van der Waals surface area contributed by atoms with Crippen molar-refractivity contribution in [2.45, 2.75) is 31.2 Å². The van der Waals surface area contributed by atoms with Crippen LogP contribution < -0.4 is 10.2 Å². The second-order valence-corrected chi connectivity index (χ2v) is 9.57. The van der Waals surface area contributed by atoms with Crippen molar-refractivity contribution in [3.05, 3.63) is 93.6 Å². The molecular formula is C25H24N2O2S2. The number of hydrogen-bond donors (Lipinski definition) is 1. The fraction of sp³-hybridized carbons (Fsp3) is 0.200. The molecule has 0 aliphatic rings. The van der Waals surface area contributed by atoms with Crippen LogP contribution in [0.5, 0.6) is 0 Å². The maximum absolute atomic E-state index is 12.5. The van der Waals surface area contributed by atoms with E-state index in [1.807, 2.05) is 53.1 Å². The predicted molar refractivity (Wildman–Crippen MR) is 131 cm³/mol. The number of thiazole rings is 1. The van der Waals surface area contributed by atoms with E-state index < -0.39 is 0 Å². The summed E-state index contributed by atoms with van der Waals surface area (Å²) in [6, 6.07) is 23.9. The van der Waals surface area contributed by atoms with Crippen LogP contribution in [0.3, 0.4) is 0 Å². The Morgan fingerprint density at radius 3 is 2.52 bits per heavy atom. The van der Waals surface area contributed by atoms with Gasteiger partial charge < -0.3 is 5.32 Å². The Morgan fingerprint density at radius 2 is 1.77 bits per heavy atom. The first-order chi connectivity index (χ1) is 15.1. The molecule has 6 heteroatoms. The van der Waals surface area contributed by atoms with Crippen LogP contribution in [0, 0.1) is 0 Å². The zero-order valence-corrected chi connectivity index (χ0v) is 19.0. The van der Waals surface area contributed by atoms with Crippen LogP contribution in [0.15, 0.2) is 82.5 Å². The van der Waals surface area contributed by atoms with E-state index in [9.17, 15) is 9.59 Å². The minimum absolute atomic E-state index is 0.0273. The molecule has 3 aromatic carbocycles. The summed E-state index contributed by atoms with van der Waals surface area (Å²) in [4.78, 5) is 26.2. The third kappa shape index (κ3) is 5.46. The highest BCUT2D eigenvalue weighted by molar-refractivity contribution is 7.99. The van der Waals surface area contributed by atoms with Gasteiger partial charge in [-0.15, -0.1) is 11.8 Å². The fourth-order valence-electron chi connectivity index (χ4n) is 3.50. The smallest absolute Gasteiger partial charge is 0.308 e. The highest BCUT2D eigenvalue weighted by atomic mass is 32.2. The van der Waals surface area contributed by atoms with Crippen molar-refractivity contribution in [1.82, 2.24) is 4.57 Å². The molecule has 1 amide bonds. The fourth-order valence-corrected chi connectivity index (χ4v) is 5.12. The Bertz CT molecular complexity index is 1230. The molecule has 31 heavy (non-hydrogen) atoms. The maximum atomic E-state index is 12.5. The summed E-state index contributed by atoms with van der Waals surface area (Å²) in [6.45, 7) is 2.76. The first kappa shape index (κ1) is 21.4. The third-order valence-electron chi connectivity index (χ3n) is 5.02. The number of hydrogen-bond acceptors (Lipinski definition) is 4. The Kier molecular flexibility index (Phi) is 6.89. The van der Waals surface area contributed by atoms with Crippen molar-refractivity contribution in [1.29, 1.82) is 0 Å². The standard InChI is InChI=1S/C25H24N2O2S2/c1-2-30-21-11-8-19(9-12-21)16-24(28)26-20-10-13-22-23(17-20)31-25(29)27(22)15-14-18-6-4-3-5-7-18/h3-13,17H,2,14-16H2,1H3,(H,26,28). The number of carbonyl (C=O) groups is 1. The van der Waals surface area contributed by atoms with Gasteiger partial charge in [0.25, 0.3) is 0 Å². The summed E-state index contributed by atoms with van der Waals surface area (Å²) in [6.07, 6.45) is 1.13. The monoisotopic (exact) mass is 448 g/mol. The highest BCUT2D eigenvalue weighted by Gasteiger charge is 2.10. The number of aromatic nitrogens is 1. The van der Waals surface area contributed by atoms with Crippen LogP contribution in [0.4, 0.5) is 5.69 Å². The number of aryl methyl sites for hydroxylation is 2. The van der Waals surface area contributed by atoms with Crippen molar-refractivity contribution in [3.63, 3.8) is 0 Å². The summed E-state index contributed by atoms with van der Waals surface area (Å²) in [5.74, 6) is 0.966. The second-order valence-electron chi connectivity index (χ2n) is 7.24. The van der Waals surface area contributed by atoms with Crippen LogP contribution in [0.1, 0.15) is 18.1 Å². The number of carbonyl (C=O) groups excluding carboxylic acids is 1. The zero-order chi connectivity index (χ0) is 21.6. The average Bonchev–Trinajstić information content (AvgIpc) is 3.08. The van der Waals surface area contributed by atoms with Crippen LogP contribution in [-0.2, 0) is 24.2 Å². The van der Waals surface area contributed by atoms with Gasteiger partial charge in [-0.1, -0.05) is 60.7 Å². The summed E-state index contributed by atoms with van der Waals surface area (Å²) in [5, 5.41) is 2.96. The number of thioether (sulfide) groups is 1. The Balaban J connectivity index is 1.43. The van der Waals surface area contributed by atoms with E-state index in [2.05, 4.69) is 36.5 Å². The van der Waals surface area contributed by atoms with Gasteiger partial charge in [0.05, 0.1) is 16.6 Å². The van der Waals surface area contributed by atoms with Crippen molar-refractivity contribution in [2.24, 2.45) is 0 Å². The lowest BCUT2D eigenvalue weighted by Gasteiger charge is -2.08. The van der Waals surface area contributed by atoms with Crippen molar-refractivity contribution < 1.29 is 4.79 Å². The van der Waals surface area contributed by atoms with Crippen LogP contribution in [0.25, 0.3) is 10.2 Å². The molecule has 0 unspecified atom stereocenters. The number of nitrogens with one attached hydrogen (secondary N) is 1. The lowest BCUT2D eigenvalue weighted by molar-refractivity contribution is -0.115. The number of amides is 1. The number of rotatable bonds is 8. The summed E-state index contributed by atoms with van der Waals surface area (Å²) >= 11 is 3.00. The molecule has 0 aliphatic carbocycles. The molecule has 0 saturated carbocycles. The summed E-state index contributed by atoms with van der Waals surface area (Å²) < 4.78 is 2.70. The van der Waals surface area contributed by atoms with Crippen molar-refractivity contribution in [2.75, 3.05) is 11.1 Å². The molecule has 0 aliphatic heterocycles. The molecule has 4 aromatic rings. The third-order valence-corrected chi connectivity index (χ3v) is 6.85. The number of fused-ring (bicyclic) bond motifs is 1. The SMILES string of the molecule is CCSc1ccc(CC(=O)Nc2ccc3c(c2)sc(=O)n3CCc2ccccc2)cc1. The Hall–Kier alpha value is -2.83. The molecule has 0 fully saturated rings. The van der Waals surface area contributed by atoms with Gasteiger partial charge in [-0.05, 0) is 53.6 Å². The van der Waals surface area contributed by atoms with E-state index >= 15 is 0 Å². The number of anilines is 1. The molecule has 1 N–H and O–H groups in total. The first-order valence-electron chi connectivity index (χ1n) is 10.3. The van der Waals surface area contributed by atoms with E-state index in [1.165, 1.54) is 21.8 Å². The van der Waals surface area contributed by atoms with Crippen molar-refractivity contribution in [3.8, 4) is 0 Å². The van der Waals surface area contributed by atoms with E-state index in [0.717, 1.165) is 28.0 Å². The second kappa shape index (κ2) is 9.98. The van der Waals surface area contributed by atoms with Crippen LogP contribution in [0.2, 0.25) is 0 Å². The zero-order valence-electron chi connectivity index (χ0n) is 17.3. The van der Waals surface area contributed by atoms with Gasteiger partial charge in [-0.25, -0.2) is 0 Å². The molecule has 0 spiro atoms. The molecule has 0 bridgehead atoms. The lowest BCUT2D eigenvalue weighted by Crippen LogP contribution is -2.15. The topological polar surface area (TPSA) is 51.1 Å². The minimum atomic E-state index is -0.0638. The molecular weight excluding hydrogens is 424 g/mol. The van der Waals surface area contributed by atoms with Gasteiger partial charge in [0, 0.05) is 17.1 Å². The molecule has 4 nitrogen and oxygen atoms in total. The van der Waals surface area contributed by atoms with Gasteiger partial charge in [-0.2, -0.15) is 0 Å². The van der Waals surface area contributed by atoms with Gasteiger partial charge in [-0.3, -0.25) is 14.2 Å². The molecule has 158 valence electrons. The quantitative estimate of drug-likeness (QED) is 0.357. The normalized spacial score (nSPS) is 11.0. The molecule has 4 rings (SSSR count). The summed E-state index contributed by atoms with van der Waals surface area (Å²) in [5.41, 5.74) is 3.81. The van der Waals surface area contributed by atoms with Gasteiger partial charge in [0.2, 0.25) is 5.91 Å². The highest BCUT2D eigenvalue weighted by Crippen LogP contribution is 2.23. The lowest BCUT2D eigenvalue weighted by atomic mass is 10.1. The molecule has 0 saturated heterocycles. The largest absolute Gasteiger partial charge is 0.326 e. The molecule has 1 aromatic heterocycles. The van der Waals surface area contributed by atoms with Gasteiger partial charge in [0.15, 0.2) is 0 Å².